The van der Waals surface area contributed by atoms with Crippen LogP contribution < -0.4 is 5.32 Å². The molecule has 1 fully saturated rings. The molecule has 3 nitrogen and oxygen atoms in total. The van der Waals surface area contributed by atoms with Gasteiger partial charge >= 0.3 is 6.18 Å². The fourth-order valence-corrected chi connectivity index (χ4v) is 4.35. The topological polar surface area (TPSA) is 42.0 Å². The fraction of sp³-hybridized carbons (Fsp3) is 0.333. The average Bonchev–Trinajstić information content (AvgIpc) is 2.83. The number of benzene rings is 2. The molecule has 0 saturated heterocycles. The zero-order chi connectivity index (χ0) is 23.4. The smallest absolute Gasteiger partial charge is 0.348 e. The summed E-state index contributed by atoms with van der Waals surface area (Å²) in [6, 6.07) is 16.5. The van der Waals surface area contributed by atoms with Crippen molar-refractivity contribution in [2.24, 2.45) is 0 Å². The highest BCUT2D eigenvalue weighted by Crippen LogP contribution is 2.35. The minimum atomic E-state index is -4.48. The van der Waals surface area contributed by atoms with Gasteiger partial charge in [0, 0.05) is 18.3 Å². The molecule has 0 radical (unpaired) electrons. The Morgan fingerprint density at radius 2 is 1.70 bits per heavy atom. The molecule has 4 rings (SSSR count). The number of halogens is 3. The van der Waals surface area contributed by atoms with Gasteiger partial charge in [-0.2, -0.15) is 13.2 Å². The lowest BCUT2D eigenvalue weighted by molar-refractivity contribution is -0.141. The molecule has 33 heavy (non-hydrogen) atoms. The van der Waals surface area contributed by atoms with E-state index in [4.69, 9.17) is 0 Å². The van der Waals surface area contributed by atoms with Gasteiger partial charge in [0.25, 0.3) is 5.91 Å². The van der Waals surface area contributed by atoms with Crippen LogP contribution in [0.3, 0.4) is 0 Å². The molecule has 1 aliphatic carbocycles. The summed E-state index contributed by atoms with van der Waals surface area (Å²) in [7, 11) is 0. The molecule has 6 heteroatoms. The summed E-state index contributed by atoms with van der Waals surface area (Å²) in [5, 5.41) is 2.83. The van der Waals surface area contributed by atoms with Crippen molar-refractivity contribution in [2.75, 3.05) is 0 Å². The first-order chi connectivity index (χ1) is 15.8. The van der Waals surface area contributed by atoms with E-state index < -0.39 is 11.9 Å². The number of carbonyl (C=O) groups excluding carboxylic acids is 1. The van der Waals surface area contributed by atoms with Crippen molar-refractivity contribution >= 4 is 5.91 Å². The van der Waals surface area contributed by atoms with E-state index in [0.717, 1.165) is 36.2 Å². The number of nitrogens with one attached hydrogen (secondary N) is 1. The normalized spacial score (nSPS) is 14.8. The van der Waals surface area contributed by atoms with Crippen LogP contribution in [-0.4, -0.2) is 10.9 Å². The first-order valence-corrected chi connectivity index (χ1v) is 11.3. The van der Waals surface area contributed by atoms with Gasteiger partial charge in [-0.1, -0.05) is 61.2 Å². The van der Waals surface area contributed by atoms with Crippen molar-refractivity contribution < 1.29 is 18.0 Å². The summed E-state index contributed by atoms with van der Waals surface area (Å²) in [6.45, 7) is 2.15. The Bertz CT molecular complexity index is 1100. The van der Waals surface area contributed by atoms with Crippen molar-refractivity contribution in [1.29, 1.82) is 0 Å². The van der Waals surface area contributed by atoms with Crippen LogP contribution in [0.4, 0.5) is 13.2 Å². The molecule has 3 aromatic rings. The molecular weight excluding hydrogens is 425 g/mol. The van der Waals surface area contributed by atoms with Crippen LogP contribution in [0.5, 0.6) is 0 Å². The lowest BCUT2D eigenvalue weighted by Crippen LogP contribution is -2.23. The van der Waals surface area contributed by atoms with Gasteiger partial charge < -0.3 is 5.32 Å². The van der Waals surface area contributed by atoms with Gasteiger partial charge in [-0.25, -0.2) is 0 Å². The monoisotopic (exact) mass is 452 g/mol. The highest BCUT2D eigenvalue weighted by atomic mass is 19.4. The Balaban J connectivity index is 1.56. The van der Waals surface area contributed by atoms with Gasteiger partial charge in [-0.3, -0.25) is 9.78 Å². The molecule has 1 N–H and O–H groups in total. The van der Waals surface area contributed by atoms with Crippen LogP contribution in [0.25, 0.3) is 11.1 Å². The van der Waals surface area contributed by atoms with E-state index in [1.165, 1.54) is 36.5 Å². The third kappa shape index (κ3) is 5.81. The first kappa shape index (κ1) is 23.0. The summed E-state index contributed by atoms with van der Waals surface area (Å²) in [5.41, 5.74) is 4.53. The number of hydrogen-bond donors (Lipinski definition) is 1. The van der Waals surface area contributed by atoms with E-state index in [1.54, 1.807) is 0 Å². The number of nitrogens with zero attached hydrogens (tertiary/aromatic N) is 1. The predicted molar refractivity (Wildman–Crippen MR) is 123 cm³/mol. The summed E-state index contributed by atoms with van der Waals surface area (Å²) in [6.07, 6.45) is 2.56. The molecule has 1 saturated carbocycles. The Morgan fingerprint density at radius 1 is 0.970 bits per heavy atom. The molecule has 1 aromatic heterocycles. The average molecular weight is 453 g/mol. The SMILES string of the molecule is Cc1ccc(-c2cc(C(=O)NCc3ccc(C(F)(F)F)nc3)cc(C3CCCCC3)c2)cc1. The minimum Gasteiger partial charge on any atom is -0.348 e. The van der Waals surface area contributed by atoms with E-state index in [9.17, 15) is 18.0 Å². The molecule has 0 atom stereocenters. The van der Waals surface area contributed by atoms with E-state index in [-0.39, 0.29) is 12.5 Å². The zero-order valence-electron chi connectivity index (χ0n) is 18.6. The highest BCUT2D eigenvalue weighted by molar-refractivity contribution is 5.95. The van der Waals surface area contributed by atoms with Gasteiger partial charge in [-0.15, -0.1) is 0 Å². The number of carbonyl (C=O) groups is 1. The van der Waals surface area contributed by atoms with Crippen LogP contribution in [0.1, 0.15) is 70.8 Å². The molecule has 0 unspecified atom stereocenters. The van der Waals surface area contributed by atoms with Crippen molar-refractivity contribution in [3.8, 4) is 11.1 Å². The summed E-state index contributed by atoms with van der Waals surface area (Å²) < 4.78 is 38.1. The second-order valence-corrected chi connectivity index (χ2v) is 8.78. The summed E-state index contributed by atoms with van der Waals surface area (Å²) in [4.78, 5) is 16.5. The Hall–Kier alpha value is -3.15. The molecule has 0 spiro atoms. The summed E-state index contributed by atoms with van der Waals surface area (Å²) in [5.74, 6) is 0.190. The van der Waals surface area contributed by atoms with Crippen molar-refractivity contribution in [2.45, 2.75) is 57.7 Å². The number of aryl methyl sites for hydroxylation is 1. The maximum atomic E-state index is 13.0. The van der Waals surface area contributed by atoms with E-state index >= 15 is 0 Å². The lowest BCUT2D eigenvalue weighted by Gasteiger charge is -2.23. The van der Waals surface area contributed by atoms with Crippen LogP contribution >= 0.6 is 0 Å². The zero-order valence-corrected chi connectivity index (χ0v) is 18.6. The van der Waals surface area contributed by atoms with Crippen LogP contribution in [0, 0.1) is 6.92 Å². The Labute approximate surface area is 192 Å². The Morgan fingerprint density at radius 3 is 2.33 bits per heavy atom. The van der Waals surface area contributed by atoms with Crippen molar-refractivity contribution in [3.63, 3.8) is 0 Å². The molecule has 2 aromatic carbocycles. The molecule has 1 aliphatic rings. The molecule has 172 valence electrons. The minimum absolute atomic E-state index is 0.109. The first-order valence-electron chi connectivity index (χ1n) is 11.3. The van der Waals surface area contributed by atoms with E-state index in [2.05, 4.69) is 40.6 Å². The number of amides is 1. The second-order valence-electron chi connectivity index (χ2n) is 8.78. The fourth-order valence-electron chi connectivity index (χ4n) is 4.35. The quantitative estimate of drug-likeness (QED) is 0.451. The number of hydrogen-bond acceptors (Lipinski definition) is 2. The molecule has 0 bridgehead atoms. The second kappa shape index (κ2) is 9.77. The number of rotatable bonds is 5. The third-order valence-corrected chi connectivity index (χ3v) is 6.25. The third-order valence-electron chi connectivity index (χ3n) is 6.25. The Kier molecular flexibility index (Phi) is 6.82. The van der Waals surface area contributed by atoms with Crippen molar-refractivity contribution in [1.82, 2.24) is 10.3 Å². The number of pyridine rings is 1. The standard InChI is InChI=1S/C27H27F3N2O/c1-18-7-10-21(11-8-18)23-13-22(20-5-3-2-4-6-20)14-24(15-23)26(33)32-17-19-9-12-25(31-16-19)27(28,29)30/h7-16,20H,2-6,17H2,1H3,(H,32,33). The molecule has 1 amide bonds. The molecular formula is C27H27F3N2O. The van der Waals surface area contributed by atoms with E-state index in [1.807, 2.05) is 19.1 Å². The van der Waals surface area contributed by atoms with Crippen LogP contribution in [0.15, 0.2) is 60.8 Å². The molecule has 0 aliphatic heterocycles. The maximum Gasteiger partial charge on any atom is 0.433 e. The highest BCUT2D eigenvalue weighted by Gasteiger charge is 2.32. The van der Waals surface area contributed by atoms with E-state index in [0.29, 0.717) is 17.0 Å². The van der Waals surface area contributed by atoms with Gasteiger partial charge in [0.1, 0.15) is 5.69 Å². The largest absolute Gasteiger partial charge is 0.433 e. The van der Waals surface area contributed by atoms with Gasteiger partial charge in [0.15, 0.2) is 0 Å². The number of alkyl halides is 3. The van der Waals surface area contributed by atoms with Gasteiger partial charge in [-0.05, 0) is 66.1 Å². The number of aromatic nitrogens is 1. The van der Waals surface area contributed by atoms with Gasteiger partial charge in [0.2, 0.25) is 0 Å². The van der Waals surface area contributed by atoms with Crippen molar-refractivity contribution in [3.05, 3.63) is 88.7 Å². The maximum absolute atomic E-state index is 13.0. The lowest BCUT2D eigenvalue weighted by atomic mass is 9.82. The van der Waals surface area contributed by atoms with Gasteiger partial charge in [0.05, 0.1) is 0 Å². The predicted octanol–water partition coefficient (Wildman–Crippen LogP) is 7.05. The van der Waals surface area contributed by atoms with Crippen LogP contribution in [0.2, 0.25) is 0 Å². The summed E-state index contributed by atoms with van der Waals surface area (Å²) >= 11 is 0. The van der Waals surface area contributed by atoms with Crippen LogP contribution in [-0.2, 0) is 12.7 Å². The molecule has 1 heterocycles.